The van der Waals surface area contributed by atoms with Gasteiger partial charge in [0.05, 0.1) is 20.5 Å². The summed E-state index contributed by atoms with van der Waals surface area (Å²) < 4.78 is 4.50. The highest BCUT2D eigenvalue weighted by Crippen LogP contribution is 2.21. The number of hydrogen-bond acceptors (Lipinski definition) is 4. The Bertz CT molecular complexity index is 365. The number of nitrogens with zero attached hydrogens (tertiary/aromatic N) is 1. The number of benzene rings is 1. The van der Waals surface area contributed by atoms with Crippen LogP contribution in [0.1, 0.15) is 15.9 Å². The molecule has 0 spiro atoms. The quantitative estimate of drug-likeness (QED) is 0.411. The smallest absolute Gasteiger partial charge is 0.337 e. The van der Waals surface area contributed by atoms with Crippen molar-refractivity contribution in [2.24, 2.45) is 5.18 Å². The van der Waals surface area contributed by atoms with Crippen LogP contribution < -0.4 is 0 Å². The van der Waals surface area contributed by atoms with Gasteiger partial charge in [0.25, 0.3) is 0 Å². The molecule has 70 valence electrons. The van der Waals surface area contributed by atoms with Gasteiger partial charge in [0, 0.05) is 0 Å². The fraction of sp³-hybridized carbons (Fsp3) is 0.222. The molecular formula is C9H8BNO3. The van der Waals surface area contributed by atoms with Gasteiger partial charge >= 0.3 is 5.97 Å². The Morgan fingerprint density at radius 1 is 1.57 bits per heavy atom. The molecule has 0 bridgehead atoms. The van der Waals surface area contributed by atoms with Crippen molar-refractivity contribution in [3.63, 3.8) is 0 Å². The van der Waals surface area contributed by atoms with Crippen molar-refractivity contribution < 1.29 is 9.53 Å². The fourth-order valence-corrected chi connectivity index (χ4v) is 1.07. The van der Waals surface area contributed by atoms with Crippen LogP contribution in [0.4, 0.5) is 5.69 Å². The van der Waals surface area contributed by atoms with E-state index in [1.807, 2.05) is 0 Å². The average Bonchev–Trinajstić information content (AvgIpc) is 2.26. The third-order valence-electron chi connectivity index (χ3n) is 1.82. The molecule has 0 atom stereocenters. The number of nitroso groups, excluding NO2 is 1. The standard InChI is InChI=1S/C9H8BNO3/c1-14-9(12)6-2-3-7(5-10)8(4-6)11-13/h2-4H,5H2,1H3. The van der Waals surface area contributed by atoms with Gasteiger partial charge in [-0.25, -0.2) is 4.79 Å². The molecule has 1 rings (SSSR count). The minimum Gasteiger partial charge on any atom is -0.465 e. The lowest BCUT2D eigenvalue weighted by Gasteiger charge is -2.03. The summed E-state index contributed by atoms with van der Waals surface area (Å²) >= 11 is 0. The molecule has 14 heavy (non-hydrogen) atoms. The van der Waals surface area contributed by atoms with Crippen LogP contribution in [-0.4, -0.2) is 20.9 Å². The number of carbonyl (C=O) groups is 1. The molecule has 0 saturated carbocycles. The highest BCUT2D eigenvalue weighted by atomic mass is 16.5. The van der Waals surface area contributed by atoms with E-state index in [-0.39, 0.29) is 12.0 Å². The van der Waals surface area contributed by atoms with Gasteiger partial charge in [0.2, 0.25) is 0 Å². The zero-order chi connectivity index (χ0) is 10.6. The molecular weight excluding hydrogens is 181 g/mol. The van der Waals surface area contributed by atoms with Crippen LogP contribution in [0.25, 0.3) is 0 Å². The van der Waals surface area contributed by atoms with Crippen LogP contribution >= 0.6 is 0 Å². The summed E-state index contributed by atoms with van der Waals surface area (Å²) in [4.78, 5) is 21.5. The molecule has 5 heteroatoms. The topological polar surface area (TPSA) is 55.7 Å². The molecule has 0 heterocycles. The number of ether oxygens (including phenoxy) is 1. The second-order valence-electron chi connectivity index (χ2n) is 2.63. The van der Waals surface area contributed by atoms with E-state index < -0.39 is 5.97 Å². The molecule has 0 aliphatic heterocycles. The van der Waals surface area contributed by atoms with Crippen molar-refractivity contribution in [1.29, 1.82) is 0 Å². The van der Waals surface area contributed by atoms with E-state index in [0.717, 1.165) is 0 Å². The van der Waals surface area contributed by atoms with Gasteiger partial charge in [-0.05, 0) is 22.9 Å². The monoisotopic (exact) mass is 189 g/mol. The number of carbonyl (C=O) groups excluding carboxylic acids is 1. The molecule has 0 N–H and O–H groups in total. The third-order valence-corrected chi connectivity index (χ3v) is 1.82. The lowest BCUT2D eigenvalue weighted by atomic mass is 9.95. The van der Waals surface area contributed by atoms with Crippen molar-refractivity contribution in [2.45, 2.75) is 6.32 Å². The van der Waals surface area contributed by atoms with Gasteiger partial charge in [-0.2, -0.15) is 0 Å². The minimum absolute atomic E-state index is 0.176. The molecule has 1 aromatic rings. The van der Waals surface area contributed by atoms with Crippen molar-refractivity contribution >= 4 is 19.5 Å². The highest BCUT2D eigenvalue weighted by molar-refractivity contribution is 6.08. The summed E-state index contributed by atoms with van der Waals surface area (Å²) in [5, 5.41) is 2.78. The summed E-state index contributed by atoms with van der Waals surface area (Å²) in [6.45, 7) is 0. The first-order valence-electron chi connectivity index (χ1n) is 3.97. The lowest BCUT2D eigenvalue weighted by Crippen LogP contribution is -2.01. The zero-order valence-corrected chi connectivity index (χ0v) is 7.69. The van der Waals surface area contributed by atoms with E-state index in [1.165, 1.54) is 13.2 Å². The Morgan fingerprint density at radius 3 is 2.79 bits per heavy atom. The van der Waals surface area contributed by atoms with Crippen molar-refractivity contribution in [3.05, 3.63) is 34.2 Å². The molecule has 2 radical (unpaired) electrons. The number of esters is 1. The number of hydrogen-bond donors (Lipinski definition) is 0. The maximum Gasteiger partial charge on any atom is 0.337 e. The van der Waals surface area contributed by atoms with E-state index in [2.05, 4.69) is 9.91 Å². The molecule has 0 aliphatic carbocycles. The minimum atomic E-state index is -0.501. The van der Waals surface area contributed by atoms with Crippen LogP contribution in [0, 0.1) is 4.91 Å². The van der Waals surface area contributed by atoms with Crippen molar-refractivity contribution in [1.82, 2.24) is 0 Å². The van der Waals surface area contributed by atoms with Crippen LogP contribution in [0.15, 0.2) is 23.4 Å². The predicted octanol–water partition coefficient (Wildman–Crippen LogP) is 1.54. The van der Waals surface area contributed by atoms with Crippen molar-refractivity contribution in [2.75, 3.05) is 7.11 Å². The van der Waals surface area contributed by atoms with Crippen LogP contribution in [0.5, 0.6) is 0 Å². The molecule has 0 aliphatic rings. The van der Waals surface area contributed by atoms with E-state index in [4.69, 9.17) is 7.85 Å². The van der Waals surface area contributed by atoms with E-state index >= 15 is 0 Å². The second kappa shape index (κ2) is 4.55. The molecule has 0 unspecified atom stereocenters. The molecule has 0 aromatic heterocycles. The molecule has 1 aromatic carbocycles. The first-order chi connectivity index (χ1) is 6.72. The van der Waals surface area contributed by atoms with Crippen LogP contribution in [-0.2, 0) is 11.1 Å². The maximum atomic E-state index is 11.1. The van der Waals surface area contributed by atoms with Gasteiger partial charge in [-0.1, -0.05) is 12.4 Å². The summed E-state index contributed by atoms with van der Waals surface area (Å²) in [7, 11) is 6.64. The van der Waals surface area contributed by atoms with Crippen molar-refractivity contribution in [3.8, 4) is 0 Å². The SMILES string of the molecule is [B]Cc1ccc(C(=O)OC)cc1N=O. The summed E-state index contributed by atoms with van der Waals surface area (Å²) in [6.07, 6.45) is 0.211. The lowest BCUT2D eigenvalue weighted by molar-refractivity contribution is 0.0601. The second-order valence-corrected chi connectivity index (χ2v) is 2.63. The first-order valence-corrected chi connectivity index (χ1v) is 3.97. The maximum absolute atomic E-state index is 11.1. The summed E-state index contributed by atoms with van der Waals surface area (Å²) in [6, 6.07) is 4.49. The molecule has 4 nitrogen and oxygen atoms in total. The molecule has 0 fully saturated rings. The normalized spacial score (nSPS) is 9.50. The van der Waals surface area contributed by atoms with Gasteiger partial charge in [0.1, 0.15) is 5.69 Å². The summed E-state index contributed by atoms with van der Waals surface area (Å²) in [5.74, 6) is -0.501. The van der Waals surface area contributed by atoms with E-state index in [1.54, 1.807) is 12.1 Å². The Labute approximate surface area is 82.6 Å². The van der Waals surface area contributed by atoms with Gasteiger partial charge in [-0.3, -0.25) is 0 Å². The largest absolute Gasteiger partial charge is 0.465 e. The highest BCUT2D eigenvalue weighted by Gasteiger charge is 2.08. The Morgan fingerprint density at radius 2 is 2.29 bits per heavy atom. The van der Waals surface area contributed by atoms with Gasteiger partial charge in [0.15, 0.2) is 0 Å². The average molecular weight is 189 g/mol. The van der Waals surface area contributed by atoms with Crippen LogP contribution in [0.3, 0.4) is 0 Å². The molecule has 0 saturated heterocycles. The zero-order valence-electron chi connectivity index (χ0n) is 7.69. The number of rotatable bonds is 3. The Hall–Kier alpha value is -1.65. The van der Waals surface area contributed by atoms with Crippen LogP contribution in [0.2, 0.25) is 0 Å². The molecule has 0 amide bonds. The van der Waals surface area contributed by atoms with E-state index in [9.17, 15) is 9.70 Å². The third kappa shape index (κ3) is 1.99. The van der Waals surface area contributed by atoms with E-state index in [0.29, 0.717) is 11.1 Å². The fourth-order valence-electron chi connectivity index (χ4n) is 1.07. The van der Waals surface area contributed by atoms with Gasteiger partial charge < -0.3 is 4.74 Å². The first kappa shape index (κ1) is 10.4. The Kier molecular flexibility index (Phi) is 3.39. The number of methoxy groups -OCH3 is 1. The summed E-state index contributed by atoms with van der Waals surface area (Å²) in [5.41, 5.74) is 1.07. The Balaban J connectivity index is 3.13. The van der Waals surface area contributed by atoms with Gasteiger partial charge in [-0.15, -0.1) is 4.91 Å². The predicted molar refractivity (Wildman–Crippen MR) is 52.7 cm³/mol.